The SMILES string of the molecule is Cc1cccc(C)c1N=C1N=C(SCC(=O)O)N(CC(N)=O)C12CCCC2.I. The maximum absolute atomic E-state index is 11.7. The first kappa shape index (κ1) is 22.7. The predicted molar refractivity (Wildman–Crippen MR) is 123 cm³/mol. The molecule has 1 heterocycles. The summed E-state index contributed by atoms with van der Waals surface area (Å²) in [7, 11) is 0. The number of rotatable bonds is 5. The van der Waals surface area contributed by atoms with E-state index in [0.29, 0.717) is 11.0 Å². The van der Waals surface area contributed by atoms with Gasteiger partial charge in [-0.25, -0.2) is 9.98 Å². The van der Waals surface area contributed by atoms with Gasteiger partial charge in [0.15, 0.2) is 11.0 Å². The van der Waals surface area contributed by atoms with Gasteiger partial charge in [-0.05, 0) is 37.8 Å². The van der Waals surface area contributed by atoms with Gasteiger partial charge in [-0.3, -0.25) is 9.59 Å². The van der Waals surface area contributed by atoms with Crippen molar-refractivity contribution in [3.05, 3.63) is 29.3 Å². The molecule has 1 fully saturated rings. The molecule has 1 aliphatic heterocycles. The van der Waals surface area contributed by atoms with E-state index in [1.165, 1.54) is 0 Å². The highest BCUT2D eigenvalue weighted by atomic mass is 127. The Morgan fingerprint density at radius 1 is 1.29 bits per heavy atom. The van der Waals surface area contributed by atoms with Gasteiger partial charge in [0.25, 0.3) is 0 Å². The molecule has 152 valence electrons. The summed E-state index contributed by atoms with van der Waals surface area (Å²) in [5.74, 6) is -0.854. The number of carbonyl (C=O) groups is 2. The molecular weight excluding hydrogens is 491 g/mol. The minimum Gasteiger partial charge on any atom is -0.481 e. The third-order valence-electron chi connectivity index (χ3n) is 5.09. The fraction of sp³-hybridized carbons (Fsp3) is 0.474. The number of nitrogens with two attached hydrogens (primary N) is 1. The molecule has 0 atom stereocenters. The van der Waals surface area contributed by atoms with Gasteiger partial charge in [0.2, 0.25) is 5.91 Å². The van der Waals surface area contributed by atoms with Crippen molar-refractivity contribution >= 4 is 64.3 Å². The van der Waals surface area contributed by atoms with Crippen LogP contribution in [0.2, 0.25) is 0 Å². The van der Waals surface area contributed by atoms with E-state index in [-0.39, 0.29) is 36.3 Å². The van der Waals surface area contributed by atoms with Gasteiger partial charge in [-0.1, -0.05) is 42.8 Å². The molecule has 7 nitrogen and oxygen atoms in total. The summed E-state index contributed by atoms with van der Waals surface area (Å²) in [6.07, 6.45) is 3.66. The van der Waals surface area contributed by atoms with E-state index >= 15 is 0 Å². The predicted octanol–water partition coefficient (Wildman–Crippen LogP) is 3.24. The summed E-state index contributed by atoms with van der Waals surface area (Å²) in [5, 5.41) is 9.57. The molecule has 3 rings (SSSR count). The number of thioether (sulfide) groups is 1. The van der Waals surface area contributed by atoms with Crippen LogP contribution in [0.5, 0.6) is 0 Å². The maximum Gasteiger partial charge on any atom is 0.313 e. The van der Waals surface area contributed by atoms with Crippen LogP contribution in [0, 0.1) is 13.8 Å². The normalized spacial score (nSPS) is 19.0. The number of primary amides is 1. The molecule has 1 spiro atoms. The van der Waals surface area contributed by atoms with Crippen LogP contribution in [0.1, 0.15) is 36.8 Å². The lowest BCUT2D eigenvalue weighted by atomic mass is 9.94. The highest BCUT2D eigenvalue weighted by Gasteiger charge is 2.50. The zero-order valence-corrected chi connectivity index (χ0v) is 19.1. The Kier molecular flexibility index (Phi) is 7.49. The number of aliphatic imine (C=N–C) groups is 2. The number of hydrogen-bond acceptors (Lipinski definition) is 5. The minimum absolute atomic E-state index is 0. The van der Waals surface area contributed by atoms with Crippen LogP contribution < -0.4 is 5.73 Å². The summed E-state index contributed by atoms with van der Waals surface area (Å²) in [5.41, 5.74) is 7.99. The van der Waals surface area contributed by atoms with E-state index in [0.717, 1.165) is 54.3 Å². The van der Waals surface area contributed by atoms with Crippen molar-refractivity contribution in [3.63, 3.8) is 0 Å². The van der Waals surface area contributed by atoms with Gasteiger partial charge in [0.1, 0.15) is 5.54 Å². The lowest BCUT2D eigenvalue weighted by Crippen LogP contribution is -2.52. The van der Waals surface area contributed by atoms with Crippen LogP contribution in [0.4, 0.5) is 5.69 Å². The summed E-state index contributed by atoms with van der Waals surface area (Å²) < 4.78 is 0. The number of carboxylic acid groups (broad SMARTS) is 1. The van der Waals surface area contributed by atoms with Crippen molar-refractivity contribution in [2.75, 3.05) is 12.3 Å². The molecule has 1 aliphatic carbocycles. The standard InChI is InChI=1S/C19H24N4O3S.HI/c1-12-6-5-7-13(2)16(12)21-17-19(8-3-4-9-19)23(10-14(20)24)18(22-17)27-11-15(25)26;/h5-7H,3-4,8-11H2,1-2H3,(H2,20,24)(H,25,26);1H. The Bertz CT molecular complexity index is 814. The molecule has 1 amide bonds. The number of benzene rings is 1. The van der Waals surface area contributed by atoms with Crippen molar-refractivity contribution in [2.45, 2.75) is 45.1 Å². The van der Waals surface area contributed by atoms with Gasteiger partial charge in [-0.15, -0.1) is 24.0 Å². The van der Waals surface area contributed by atoms with Crippen LogP contribution in [0.25, 0.3) is 0 Å². The maximum atomic E-state index is 11.7. The van der Waals surface area contributed by atoms with Gasteiger partial charge in [0, 0.05) is 0 Å². The van der Waals surface area contributed by atoms with Gasteiger partial charge in [-0.2, -0.15) is 0 Å². The van der Waals surface area contributed by atoms with Crippen LogP contribution >= 0.6 is 35.7 Å². The quantitative estimate of drug-likeness (QED) is 0.585. The number of carbonyl (C=O) groups excluding carboxylic acids is 1. The second-order valence-corrected chi connectivity index (χ2v) is 7.99. The van der Waals surface area contributed by atoms with Crippen molar-refractivity contribution in [1.82, 2.24) is 4.90 Å². The lowest BCUT2D eigenvalue weighted by molar-refractivity contribution is -0.133. The monoisotopic (exact) mass is 516 g/mol. The van der Waals surface area contributed by atoms with E-state index < -0.39 is 17.4 Å². The smallest absolute Gasteiger partial charge is 0.313 e. The number of aliphatic carboxylic acids is 1. The highest BCUT2D eigenvalue weighted by molar-refractivity contribution is 14.0. The Morgan fingerprint density at radius 2 is 1.89 bits per heavy atom. The molecule has 1 saturated carbocycles. The highest BCUT2D eigenvalue weighted by Crippen LogP contribution is 2.43. The van der Waals surface area contributed by atoms with Crippen molar-refractivity contribution in [1.29, 1.82) is 0 Å². The third kappa shape index (κ3) is 4.51. The fourth-order valence-corrected chi connectivity index (χ4v) is 4.64. The van der Waals surface area contributed by atoms with E-state index in [2.05, 4.69) is 0 Å². The van der Waals surface area contributed by atoms with Gasteiger partial charge >= 0.3 is 5.97 Å². The summed E-state index contributed by atoms with van der Waals surface area (Å²) in [6, 6.07) is 6.01. The Hall–Kier alpha value is -1.62. The Morgan fingerprint density at radius 3 is 2.43 bits per heavy atom. The van der Waals surface area contributed by atoms with Gasteiger partial charge in [0.05, 0.1) is 18.0 Å². The molecule has 1 aromatic carbocycles. The molecule has 0 unspecified atom stereocenters. The van der Waals surface area contributed by atoms with E-state index in [1.54, 1.807) is 0 Å². The van der Waals surface area contributed by atoms with Crippen LogP contribution in [-0.4, -0.2) is 50.7 Å². The number of halogens is 1. The first-order chi connectivity index (χ1) is 12.8. The van der Waals surface area contributed by atoms with E-state index in [1.807, 2.05) is 36.9 Å². The Labute approximate surface area is 185 Å². The topological polar surface area (TPSA) is 108 Å². The molecule has 28 heavy (non-hydrogen) atoms. The second kappa shape index (κ2) is 9.25. The van der Waals surface area contributed by atoms with Crippen molar-refractivity contribution in [3.8, 4) is 0 Å². The molecule has 0 bridgehead atoms. The first-order valence-electron chi connectivity index (χ1n) is 8.98. The fourth-order valence-electron chi connectivity index (χ4n) is 3.84. The molecule has 0 saturated heterocycles. The Balaban J connectivity index is 0.00000280. The second-order valence-electron chi connectivity index (χ2n) is 7.04. The zero-order chi connectivity index (χ0) is 19.6. The average molecular weight is 516 g/mol. The van der Waals surface area contributed by atoms with E-state index in [4.69, 9.17) is 20.8 Å². The lowest BCUT2D eigenvalue weighted by Gasteiger charge is -2.35. The molecule has 0 radical (unpaired) electrons. The number of carboxylic acids is 1. The number of aryl methyl sites for hydroxylation is 2. The first-order valence-corrected chi connectivity index (χ1v) is 9.97. The summed E-state index contributed by atoms with van der Waals surface area (Å²) in [4.78, 5) is 34.2. The molecule has 2 aliphatic rings. The van der Waals surface area contributed by atoms with Crippen LogP contribution in [-0.2, 0) is 9.59 Å². The number of amides is 1. The molecular formula is C19H25IN4O3S. The molecule has 9 heteroatoms. The van der Waals surface area contributed by atoms with Crippen molar-refractivity contribution in [2.24, 2.45) is 15.7 Å². The van der Waals surface area contributed by atoms with Crippen LogP contribution in [0.15, 0.2) is 28.2 Å². The molecule has 3 N–H and O–H groups in total. The number of para-hydroxylation sites is 1. The summed E-state index contributed by atoms with van der Waals surface area (Å²) in [6.45, 7) is 4.03. The minimum atomic E-state index is -0.928. The molecule has 1 aromatic rings. The zero-order valence-electron chi connectivity index (χ0n) is 16.0. The van der Waals surface area contributed by atoms with Gasteiger partial charge < -0.3 is 15.7 Å². The van der Waals surface area contributed by atoms with Crippen molar-refractivity contribution < 1.29 is 14.7 Å². The summed E-state index contributed by atoms with van der Waals surface area (Å²) >= 11 is 1.11. The number of amidine groups is 2. The molecule has 0 aromatic heterocycles. The third-order valence-corrected chi connectivity index (χ3v) is 6.05. The number of nitrogens with zero attached hydrogens (tertiary/aromatic N) is 3. The number of hydrogen-bond donors (Lipinski definition) is 2. The average Bonchev–Trinajstić information content (AvgIpc) is 3.18. The largest absolute Gasteiger partial charge is 0.481 e. The van der Waals surface area contributed by atoms with E-state index in [9.17, 15) is 9.59 Å². The van der Waals surface area contributed by atoms with Crippen LogP contribution in [0.3, 0.4) is 0 Å².